The van der Waals surface area contributed by atoms with E-state index in [1.165, 1.54) is 11.1 Å². The molecule has 0 spiro atoms. The highest BCUT2D eigenvalue weighted by Gasteiger charge is 2.43. The van der Waals surface area contributed by atoms with Gasteiger partial charge in [0.15, 0.2) is 6.29 Å². The van der Waals surface area contributed by atoms with Crippen LogP contribution in [0.15, 0.2) is 24.3 Å². The summed E-state index contributed by atoms with van der Waals surface area (Å²) in [7, 11) is 0. The van der Waals surface area contributed by atoms with Crippen LogP contribution in [0.25, 0.3) is 0 Å². The van der Waals surface area contributed by atoms with Crippen LogP contribution in [0, 0.1) is 5.92 Å². The van der Waals surface area contributed by atoms with Crippen molar-refractivity contribution in [3.8, 4) is 0 Å². The number of rotatable bonds is 6. The third-order valence-electron chi connectivity index (χ3n) is 3.52. The molecule has 0 unspecified atom stereocenters. The van der Waals surface area contributed by atoms with Crippen LogP contribution in [0.3, 0.4) is 0 Å². The zero-order valence-electron chi connectivity index (χ0n) is 11.0. The minimum atomic E-state index is -1.08. The molecular weight excluding hydrogens is 228 g/mol. The van der Waals surface area contributed by atoms with E-state index in [0.717, 1.165) is 19.1 Å². The maximum Gasteiger partial charge on any atom is 0.229 e. The van der Waals surface area contributed by atoms with Crippen molar-refractivity contribution in [3.63, 3.8) is 0 Å². The third-order valence-corrected chi connectivity index (χ3v) is 3.52. The Morgan fingerprint density at radius 3 is 2.06 bits per heavy atom. The van der Waals surface area contributed by atoms with Gasteiger partial charge in [-0.25, -0.2) is 0 Å². The molecule has 0 saturated heterocycles. The van der Waals surface area contributed by atoms with Gasteiger partial charge >= 0.3 is 0 Å². The van der Waals surface area contributed by atoms with Crippen molar-refractivity contribution in [1.29, 1.82) is 0 Å². The van der Waals surface area contributed by atoms with Gasteiger partial charge in [-0.3, -0.25) is 4.79 Å². The number of aldehydes is 1. The van der Waals surface area contributed by atoms with Crippen LogP contribution in [0.1, 0.15) is 25.0 Å². The average Bonchev–Trinajstić information content (AvgIpc) is 2.82. The van der Waals surface area contributed by atoms with Gasteiger partial charge in [0, 0.05) is 19.1 Å². The molecular formula is C15H20O3. The van der Waals surface area contributed by atoms with E-state index in [9.17, 15) is 4.79 Å². The van der Waals surface area contributed by atoms with Gasteiger partial charge in [-0.15, -0.1) is 0 Å². The Morgan fingerprint density at radius 1 is 1.17 bits per heavy atom. The lowest BCUT2D eigenvalue weighted by atomic mass is 9.96. The molecule has 0 radical (unpaired) electrons. The second-order valence-electron chi connectivity index (χ2n) is 4.58. The van der Waals surface area contributed by atoms with Crippen molar-refractivity contribution < 1.29 is 14.3 Å². The number of carbonyl (C=O) groups excluding carboxylic acids is 1. The van der Waals surface area contributed by atoms with E-state index in [0.29, 0.717) is 13.2 Å². The number of ether oxygens (including phenoxy) is 2. The molecule has 0 aromatic heterocycles. The third kappa shape index (κ3) is 2.33. The van der Waals surface area contributed by atoms with Crippen molar-refractivity contribution in [3.05, 3.63) is 35.4 Å². The molecule has 0 saturated carbocycles. The van der Waals surface area contributed by atoms with Gasteiger partial charge < -0.3 is 9.47 Å². The van der Waals surface area contributed by atoms with Gasteiger partial charge in [-0.05, 0) is 37.8 Å². The topological polar surface area (TPSA) is 35.5 Å². The predicted octanol–water partition coefficient (Wildman–Crippen LogP) is 2.37. The summed E-state index contributed by atoms with van der Waals surface area (Å²) < 4.78 is 11.3. The summed E-state index contributed by atoms with van der Waals surface area (Å²) in [6.45, 7) is 4.73. The Labute approximate surface area is 108 Å². The fourth-order valence-electron chi connectivity index (χ4n) is 2.74. The van der Waals surface area contributed by atoms with E-state index < -0.39 is 5.79 Å². The number of benzene rings is 1. The van der Waals surface area contributed by atoms with E-state index in [1.807, 2.05) is 26.0 Å². The van der Waals surface area contributed by atoms with Gasteiger partial charge in [0.25, 0.3) is 0 Å². The monoisotopic (exact) mass is 248 g/mol. The smallest absolute Gasteiger partial charge is 0.229 e. The zero-order chi connectivity index (χ0) is 13.0. The van der Waals surface area contributed by atoms with Gasteiger partial charge in [0.2, 0.25) is 5.79 Å². The van der Waals surface area contributed by atoms with E-state index in [2.05, 4.69) is 12.1 Å². The van der Waals surface area contributed by atoms with E-state index in [-0.39, 0.29) is 5.92 Å². The fourth-order valence-corrected chi connectivity index (χ4v) is 2.74. The SMILES string of the molecule is CCOC(C=O)(OCC)C1Cc2ccccc2C1. The average molecular weight is 248 g/mol. The lowest BCUT2D eigenvalue weighted by Crippen LogP contribution is -2.46. The minimum absolute atomic E-state index is 0.0762. The van der Waals surface area contributed by atoms with Crippen LogP contribution in [-0.4, -0.2) is 25.3 Å². The first-order valence-corrected chi connectivity index (χ1v) is 6.56. The van der Waals surface area contributed by atoms with Gasteiger partial charge in [-0.1, -0.05) is 24.3 Å². The Morgan fingerprint density at radius 2 is 1.67 bits per heavy atom. The summed E-state index contributed by atoms with van der Waals surface area (Å²) >= 11 is 0. The summed E-state index contributed by atoms with van der Waals surface area (Å²) in [5, 5.41) is 0. The largest absolute Gasteiger partial charge is 0.344 e. The normalized spacial score (nSPS) is 15.7. The summed E-state index contributed by atoms with van der Waals surface area (Å²) in [6.07, 6.45) is 2.51. The zero-order valence-corrected chi connectivity index (χ0v) is 11.0. The molecule has 0 atom stereocenters. The first kappa shape index (κ1) is 13.2. The Hall–Kier alpha value is -1.19. The van der Waals surface area contributed by atoms with Crippen molar-refractivity contribution in [2.75, 3.05) is 13.2 Å². The minimum Gasteiger partial charge on any atom is -0.344 e. The van der Waals surface area contributed by atoms with E-state index >= 15 is 0 Å². The Kier molecular flexibility index (Phi) is 4.15. The molecule has 1 aliphatic carbocycles. The molecule has 18 heavy (non-hydrogen) atoms. The first-order valence-electron chi connectivity index (χ1n) is 6.56. The van der Waals surface area contributed by atoms with Gasteiger partial charge in [0.1, 0.15) is 0 Å². The number of hydrogen-bond donors (Lipinski definition) is 0. The van der Waals surface area contributed by atoms with E-state index in [4.69, 9.17) is 9.47 Å². The van der Waals surface area contributed by atoms with Crippen LogP contribution >= 0.6 is 0 Å². The molecule has 0 bridgehead atoms. The van der Waals surface area contributed by atoms with E-state index in [1.54, 1.807) is 0 Å². The van der Waals surface area contributed by atoms with Gasteiger partial charge in [-0.2, -0.15) is 0 Å². The van der Waals surface area contributed by atoms with Crippen LogP contribution < -0.4 is 0 Å². The molecule has 0 amide bonds. The quantitative estimate of drug-likeness (QED) is 0.572. The molecule has 0 aliphatic heterocycles. The van der Waals surface area contributed by atoms with Crippen molar-refractivity contribution in [2.24, 2.45) is 5.92 Å². The maximum atomic E-state index is 11.5. The van der Waals surface area contributed by atoms with Crippen LogP contribution in [0.4, 0.5) is 0 Å². The van der Waals surface area contributed by atoms with Gasteiger partial charge in [0.05, 0.1) is 0 Å². The Bertz CT molecular complexity index is 383. The molecule has 1 aliphatic rings. The summed E-state index contributed by atoms with van der Waals surface area (Å²) in [4.78, 5) is 11.5. The van der Waals surface area contributed by atoms with Crippen molar-refractivity contribution in [2.45, 2.75) is 32.5 Å². The predicted molar refractivity (Wildman–Crippen MR) is 69.4 cm³/mol. The number of hydrogen-bond acceptors (Lipinski definition) is 3. The number of carbonyl (C=O) groups is 1. The first-order chi connectivity index (χ1) is 8.75. The summed E-state index contributed by atoms with van der Waals surface area (Å²) in [5.74, 6) is -1.00. The molecule has 1 aromatic rings. The highest BCUT2D eigenvalue weighted by Crippen LogP contribution is 2.35. The summed E-state index contributed by atoms with van der Waals surface area (Å²) in [5.41, 5.74) is 2.60. The standard InChI is InChI=1S/C15H20O3/c1-3-17-15(11-16,18-4-2)14-9-12-7-5-6-8-13(12)10-14/h5-8,11,14H,3-4,9-10H2,1-2H3. The van der Waals surface area contributed by atoms with Crippen molar-refractivity contribution in [1.82, 2.24) is 0 Å². The van der Waals surface area contributed by atoms with Crippen LogP contribution in [0.2, 0.25) is 0 Å². The highest BCUT2D eigenvalue weighted by molar-refractivity contribution is 5.62. The molecule has 1 aromatic carbocycles. The molecule has 2 rings (SSSR count). The molecule has 0 N–H and O–H groups in total. The lowest BCUT2D eigenvalue weighted by molar-refractivity contribution is -0.238. The molecule has 3 nitrogen and oxygen atoms in total. The van der Waals surface area contributed by atoms with Crippen molar-refractivity contribution >= 4 is 6.29 Å². The summed E-state index contributed by atoms with van der Waals surface area (Å²) in [6, 6.07) is 8.29. The second kappa shape index (κ2) is 5.63. The second-order valence-corrected chi connectivity index (χ2v) is 4.58. The molecule has 3 heteroatoms. The lowest BCUT2D eigenvalue weighted by Gasteiger charge is -2.33. The fraction of sp³-hybridized carbons (Fsp3) is 0.533. The molecule has 0 fully saturated rings. The number of fused-ring (bicyclic) bond motifs is 1. The van der Waals surface area contributed by atoms with Crippen LogP contribution in [0.5, 0.6) is 0 Å². The Balaban J connectivity index is 2.22. The maximum absolute atomic E-state index is 11.5. The van der Waals surface area contributed by atoms with Crippen LogP contribution in [-0.2, 0) is 27.1 Å². The highest BCUT2D eigenvalue weighted by atomic mass is 16.7. The molecule has 98 valence electrons. The molecule has 0 heterocycles.